The Labute approximate surface area is 175 Å². The number of fused-ring (bicyclic) bond motifs is 1. The Kier molecular flexibility index (Phi) is 5.48. The van der Waals surface area contributed by atoms with Gasteiger partial charge in [0.25, 0.3) is 5.56 Å². The van der Waals surface area contributed by atoms with E-state index in [1.165, 1.54) is 10.9 Å². The number of amides is 1. The Morgan fingerprint density at radius 2 is 2.00 bits per heavy atom. The minimum absolute atomic E-state index is 0.0593. The van der Waals surface area contributed by atoms with Crippen molar-refractivity contribution < 1.29 is 14.1 Å². The van der Waals surface area contributed by atoms with Gasteiger partial charge in [-0.05, 0) is 52.8 Å². The van der Waals surface area contributed by atoms with Gasteiger partial charge in [-0.15, -0.1) is 0 Å². The third-order valence-electron chi connectivity index (χ3n) is 3.93. The molecule has 0 aliphatic heterocycles. The molecular formula is C19H22BrN5O4. The van der Waals surface area contributed by atoms with E-state index in [1.54, 1.807) is 46.8 Å². The van der Waals surface area contributed by atoms with Gasteiger partial charge in [-0.3, -0.25) is 9.36 Å². The first-order valence-electron chi connectivity index (χ1n) is 8.93. The Hall–Kier alpha value is -2.75. The van der Waals surface area contributed by atoms with Gasteiger partial charge in [-0.1, -0.05) is 21.1 Å². The molecule has 0 aliphatic carbocycles. The molecule has 1 N–H and O–H groups in total. The van der Waals surface area contributed by atoms with Gasteiger partial charge in [-0.2, -0.15) is 4.98 Å². The van der Waals surface area contributed by atoms with Crippen LogP contribution in [0.5, 0.6) is 0 Å². The molecule has 2 aromatic heterocycles. The van der Waals surface area contributed by atoms with Crippen LogP contribution in [0.2, 0.25) is 0 Å². The van der Waals surface area contributed by atoms with Crippen LogP contribution >= 0.6 is 15.9 Å². The summed E-state index contributed by atoms with van der Waals surface area (Å²) < 4.78 is 12.7. The highest BCUT2D eigenvalue weighted by Gasteiger charge is 2.31. The van der Waals surface area contributed by atoms with Crippen molar-refractivity contribution in [3.05, 3.63) is 51.1 Å². The fraction of sp³-hybridized carbons (Fsp3) is 0.421. The van der Waals surface area contributed by atoms with E-state index in [2.05, 4.69) is 36.4 Å². The van der Waals surface area contributed by atoms with E-state index in [9.17, 15) is 9.59 Å². The molecule has 154 valence electrons. The quantitative estimate of drug-likeness (QED) is 0.630. The number of nitrogens with zero attached hydrogens (tertiary/aromatic N) is 4. The summed E-state index contributed by atoms with van der Waals surface area (Å²) in [6.45, 7) is 8.85. The molecule has 29 heavy (non-hydrogen) atoms. The molecule has 0 saturated heterocycles. The molecule has 9 nitrogen and oxygen atoms in total. The zero-order valence-electron chi connectivity index (χ0n) is 16.8. The smallest absolute Gasteiger partial charge is 0.408 e. The van der Waals surface area contributed by atoms with Crippen LogP contribution in [-0.4, -0.2) is 31.4 Å². The van der Waals surface area contributed by atoms with Crippen molar-refractivity contribution in [2.24, 2.45) is 0 Å². The monoisotopic (exact) mass is 463 g/mol. The van der Waals surface area contributed by atoms with E-state index in [1.807, 2.05) is 6.07 Å². The molecule has 0 fully saturated rings. The number of nitrogens with one attached hydrogen (secondary N) is 1. The summed E-state index contributed by atoms with van der Waals surface area (Å²) >= 11 is 3.36. The second kappa shape index (κ2) is 7.58. The summed E-state index contributed by atoms with van der Waals surface area (Å²) in [4.78, 5) is 33.4. The Bertz CT molecular complexity index is 1110. The summed E-state index contributed by atoms with van der Waals surface area (Å²) in [6.07, 6.45) is 0.848. The topological polar surface area (TPSA) is 112 Å². The average Bonchev–Trinajstić information content (AvgIpc) is 3.05. The first-order valence-corrected chi connectivity index (χ1v) is 9.73. The maximum absolute atomic E-state index is 12.7. The number of alkyl carbamates (subject to hydrolysis) is 1. The van der Waals surface area contributed by atoms with E-state index < -0.39 is 17.2 Å². The highest BCUT2D eigenvalue weighted by Crippen LogP contribution is 2.19. The number of ether oxygens (including phenoxy) is 1. The van der Waals surface area contributed by atoms with Gasteiger partial charge < -0.3 is 14.6 Å². The number of hydrogen-bond donors (Lipinski definition) is 1. The van der Waals surface area contributed by atoms with Gasteiger partial charge in [0.05, 0.1) is 17.2 Å². The third kappa shape index (κ3) is 5.00. The number of benzene rings is 1. The lowest BCUT2D eigenvalue weighted by Gasteiger charge is -2.26. The maximum Gasteiger partial charge on any atom is 0.408 e. The van der Waals surface area contributed by atoms with Crippen molar-refractivity contribution in [2.45, 2.75) is 52.3 Å². The molecule has 1 aromatic carbocycles. The number of aromatic nitrogens is 4. The molecule has 10 heteroatoms. The van der Waals surface area contributed by atoms with Crippen LogP contribution in [0.1, 0.15) is 46.3 Å². The lowest BCUT2D eigenvalue weighted by molar-refractivity contribution is 0.0465. The van der Waals surface area contributed by atoms with Crippen molar-refractivity contribution in [1.29, 1.82) is 0 Å². The zero-order valence-corrected chi connectivity index (χ0v) is 18.4. The van der Waals surface area contributed by atoms with Crippen molar-refractivity contribution in [1.82, 2.24) is 25.0 Å². The van der Waals surface area contributed by atoms with Crippen LogP contribution in [0.25, 0.3) is 10.9 Å². The summed E-state index contributed by atoms with van der Waals surface area (Å²) in [5, 5.41) is 7.14. The van der Waals surface area contributed by atoms with Crippen molar-refractivity contribution in [3.8, 4) is 0 Å². The van der Waals surface area contributed by atoms with Crippen LogP contribution in [0.15, 0.2) is 38.3 Å². The van der Waals surface area contributed by atoms with E-state index >= 15 is 0 Å². The first-order chi connectivity index (χ1) is 13.4. The number of halogens is 1. The third-order valence-corrected chi connectivity index (χ3v) is 4.43. The molecule has 2 heterocycles. The van der Waals surface area contributed by atoms with Crippen LogP contribution < -0.4 is 10.9 Å². The minimum atomic E-state index is -0.929. The van der Waals surface area contributed by atoms with E-state index in [4.69, 9.17) is 9.26 Å². The van der Waals surface area contributed by atoms with Gasteiger partial charge in [0.2, 0.25) is 5.89 Å². The lowest BCUT2D eigenvalue weighted by Crippen LogP contribution is -2.44. The Morgan fingerprint density at radius 3 is 2.69 bits per heavy atom. The van der Waals surface area contributed by atoms with Crippen LogP contribution in [0.3, 0.4) is 0 Å². The molecule has 0 atom stereocenters. The largest absolute Gasteiger partial charge is 0.444 e. The second-order valence-corrected chi connectivity index (χ2v) is 9.02. The Balaban J connectivity index is 1.80. The molecule has 0 aliphatic rings. The summed E-state index contributed by atoms with van der Waals surface area (Å²) in [5.41, 5.74) is -1.17. The molecule has 3 aromatic rings. The summed E-state index contributed by atoms with van der Waals surface area (Å²) in [7, 11) is 0. The number of hydrogen-bond acceptors (Lipinski definition) is 7. The zero-order chi connectivity index (χ0) is 21.4. The molecule has 0 saturated carbocycles. The molecule has 1 amide bonds. The van der Waals surface area contributed by atoms with Gasteiger partial charge in [0.15, 0.2) is 5.82 Å². The van der Waals surface area contributed by atoms with E-state index in [-0.39, 0.29) is 23.8 Å². The predicted octanol–water partition coefficient (Wildman–Crippen LogP) is 3.35. The highest BCUT2D eigenvalue weighted by molar-refractivity contribution is 9.10. The molecule has 3 rings (SSSR count). The standard InChI is InChI=1S/C19H22BrN5O4/c1-18(2,3)28-17(27)23-19(4,5)16-22-14(29-24-16)9-25-10-21-13-7-6-11(20)8-12(13)15(25)26/h6-8,10H,9H2,1-5H3,(H,23,27). The van der Waals surface area contributed by atoms with Gasteiger partial charge in [0.1, 0.15) is 17.7 Å². The van der Waals surface area contributed by atoms with Crippen LogP contribution in [-0.2, 0) is 16.8 Å². The average molecular weight is 464 g/mol. The Morgan fingerprint density at radius 1 is 1.28 bits per heavy atom. The number of carbonyl (C=O) groups is 1. The minimum Gasteiger partial charge on any atom is -0.444 e. The SMILES string of the molecule is CC(C)(C)OC(=O)NC(C)(C)c1noc(Cn2cnc3ccc(Br)cc3c2=O)n1. The van der Waals surface area contributed by atoms with Gasteiger partial charge in [-0.25, -0.2) is 9.78 Å². The molecule has 0 spiro atoms. The highest BCUT2D eigenvalue weighted by atomic mass is 79.9. The predicted molar refractivity (Wildman–Crippen MR) is 109 cm³/mol. The second-order valence-electron chi connectivity index (χ2n) is 8.10. The lowest BCUT2D eigenvalue weighted by atomic mass is 10.1. The summed E-state index contributed by atoms with van der Waals surface area (Å²) in [6, 6.07) is 5.30. The van der Waals surface area contributed by atoms with Gasteiger partial charge in [0, 0.05) is 4.47 Å². The molecule has 0 bridgehead atoms. The molecule has 0 unspecified atom stereocenters. The summed E-state index contributed by atoms with van der Waals surface area (Å²) in [5.74, 6) is 0.486. The molecule has 0 radical (unpaired) electrons. The number of rotatable bonds is 4. The van der Waals surface area contributed by atoms with Crippen molar-refractivity contribution in [3.63, 3.8) is 0 Å². The maximum atomic E-state index is 12.7. The van der Waals surface area contributed by atoms with E-state index in [0.717, 1.165) is 4.47 Å². The van der Waals surface area contributed by atoms with Crippen LogP contribution in [0, 0.1) is 0 Å². The van der Waals surface area contributed by atoms with E-state index in [0.29, 0.717) is 10.9 Å². The first kappa shape index (κ1) is 21.0. The van der Waals surface area contributed by atoms with Crippen molar-refractivity contribution >= 4 is 32.9 Å². The fourth-order valence-corrected chi connectivity index (χ4v) is 2.94. The molecular weight excluding hydrogens is 442 g/mol. The fourth-order valence-electron chi connectivity index (χ4n) is 2.58. The number of carbonyl (C=O) groups excluding carboxylic acids is 1. The van der Waals surface area contributed by atoms with Crippen LogP contribution in [0.4, 0.5) is 4.79 Å². The van der Waals surface area contributed by atoms with Crippen molar-refractivity contribution in [2.75, 3.05) is 0 Å². The normalized spacial score (nSPS) is 12.2. The van der Waals surface area contributed by atoms with Gasteiger partial charge >= 0.3 is 6.09 Å².